The number of unbranched alkanes of at least 4 members (excludes halogenated alkanes) is 2. The summed E-state index contributed by atoms with van der Waals surface area (Å²) in [5.74, 6) is -0.379. The third kappa shape index (κ3) is 5.57. The van der Waals surface area contributed by atoms with Crippen molar-refractivity contribution in [3.05, 3.63) is 95.1 Å². The molecule has 0 atom stereocenters. The van der Waals surface area contributed by atoms with Crippen LogP contribution in [0.2, 0.25) is 0 Å². The van der Waals surface area contributed by atoms with E-state index < -0.39 is 0 Å². The van der Waals surface area contributed by atoms with Gasteiger partial charge in [0.05, 0.1) is 6.54 Å². The number of hydrogen-bond donors (Lipinski definition) is 0. The predicted octanol–water partition coefficient (Wildman–Crippen LogP) is 5.82. The number of benzene rings is 2. The number of hydrogen-bond acceptors (Lipinski definition) is 1. The van der Waals surface area contributed by atoms with Crippen LogP contribution >= 0.6 is 0 Å². The third-order valence-electron chi connectivity index (χ3n) is 5.29. The average molecular weight is 393 g/mol. The number of aromatic nitrogens is 1. The van der Waals surface area contributed by atoms with Crippen molar-refractivity contribution in [1.82, 2.24) is 9.47 Å². The van der Waals surface area contributed by atoms with Crippen LogP contribution in [0.4, 0.5) is 4.39 Å². The minimum absolute atomic E-state index is 0.0512. The number of carbonyl (C=O) groups excluding carboxylic acids is 1. The van der Waals surface area contributed by atoms with Gasteiger partial charge in [0.25, 0.3) is 5.91 Å². The predicted molar refractivity (Wildman–Crippen MR) is 115 cm³/mol. The van der Waals surface area contributed by atoms with Gasteiger partial charge >= 0.3 is 0 Å². The molecule has 1 amide bonds. The zero-order chi connectivity index (χ0) is 20.6. The molecular formula is C25H29FN2O. The van der Waals surface area contributed by atoms with E-state index in [4.69, 9.17) is 0 Å². The quantitative estimate of drug-likeness (QED) is 0.422. The van der Waals surface area contributed by atoms with Gasteiger partial charge in [-0.2, -0.15) is 0 Å². The standard InChI is InChI=1S/C25H29FN2O/c1-3-4-7-16-28(25(29)21-12-14-23(26)15-13-21)19-24-11-8-17-27(24)18-22-10-6-5-9-20(22)2/h5-6,8-15,17H,3-4,7,16,18-19H2,1-2H3. The zero-order valence-corrected chi connectivity index (χ0v) is 17.3. The monoisotopic (exact) mass is 392 g/mol. The molecule has 0 saturated heterocycles. The molecule has 3 nitrogen and oxygen atoms in total. The topological polar surface area (TPSA) is 25.2 Å². The lowest BCUT2D eigenvalue weighted by molar-refractivity contribution is 0.0736. The molecule has 0 aliphatic heterocycles. The second-order valence-corrected chi connectivity index (χ2v) is 7.49. The highest BCUT2D eigenvalue weighted by molar-refractivity contribution is 5.94. The number of rotatable bonds is 9. The van der Waals surface area contributed by atoms with Gasteiger partial charge in [0.2, 0.25) is 0 Å². The summed E-state index contributed by atoms with van der Waals surface area (Å²) >= 11 is 0. The first-order valence-corrected chi connectivity index (χ1v) is 10.3. The van der Waals surface area contributed by atoms with Gasteiger partial charge in [-0.05, 0) is 60.9 Å². The van der Waals surface area contributed by atoms with Crippen molar-refractivity contribution >= 4 is 5.91 Å². The van der Waals surface area contributed by atoms with E-state index in [1.807, 2.05) is 17.0 Å². The summed E-state index contributed by atoms with van der Waals surface area (Å²) < 4.78 is 15.5. The van der Waals surface area contributed by atoms with Gasteiger partial charge in [0.15, 0.2) is 0 Å². The molecule has 29 heavy (non-hydrogen) atoms. The molecule has 0 aliphatic carbocycles. The maximum absolute atomic E-state index is 13.3. The summed E-state index contributed by atoms with van der Waals surface area (Å²) in [5, 5.41) is 0. The second kappa shape index (κ2) is 10.1. The molecule has 1 heterocycles. The molecule has 0 aliphatic rings. The third-order valence-corrected chi connectivity index (χ3v) is 5.29. The highest BCUT2D eigenvalue weighted by atomic mass is 19.1. The number of aryl methyl sites for hydroxylation is 1. The van der Waals surface area contributed by atoms with Crippen LogP contribution < -0.4 is 0 Å². The Bertz CT molecular complexity index is 930. The second-order valence-electron chi connectivity index (χ2n) is 7.49. The van der Waals surface area contributed by atoms with E-state index in [2.05, 4.69) is 48.9 Å². The first-order chi connectivity index (χ1) is 14.1. The molecule has 3 aromatic rings. The van der Waals surface area contributed by atoms with Gasteiger partial charge in [-0.15, -0.1) is 0 Å². The van der Waals surface area contributed by atoms with Crippen LogP contribution in [0.5, 0.6) is 0 Å². The van der Waals surface area contributed by atoms with Crippen LogP contribution in [0.15, 0.2) is 66.9 Å². The van der Waals surface area contributed by atoms with E-state index in [-0.39, 0.29) is 11.7 Å². The van der Waals surface area contributed by atoms with Crippen molar-refractivity contribution in [3.63, 3.8) is 0 Å². The van der Waals surface area contributed by atoms with Crippen molar-refractivity contribution in [2.75, 3.05) is 6.54 Å². The zero-order valence-electron chi connectivity index (χ0n) is 17.3. The first-order valence-electron chi connectivity index (χ1n) is 10.3. The van der Waals surface area contributed by atoms with Crippen LogP contribution in [0.1, 0.15) is 53.4 Å². The van der Waals surface area contributed by atoms with Crippen LogP contribution in [0.25, 0.3) is 0 Å². The Kier molecular flexibility index (Phi) is 7.23. The average Bonchev–Trinajstić information content (AvgIpc) is 3.16. The number of amides is 1. The van der Waals surface area contributed by atoms with Crippen molar-refractivity contribution < 1.29 is 9.18 Å². The number of halogens is 1. The Balaban J connectivity index is 1.79. The minimum atomic E-state index is -0.328. The van der Waals surface area contributed by atoms with Crippen LogP contribution in [0, 0.1) is 12.7 Å². The lowest BCUT2D eigenvalue weighted by Gasteiger charge is -2.24. The summed E-state index contributed by atoms with van der Waals surface area (Å²) in [5.41, 5.74) is 4.15. The van der Waals surface area contributed by atoms with Crippen molar-refractivity contribution in [2.45, 2.75) is 46.2 Å². The largest absolute Gasteiger partial charge is 0.345 e. The minimum Gasteiger partial charge on any atom is -0.345 e. The Hall–Kier alpha value is -2.88. The van der Waals surface area contributed by atoms with Crippen molar-refractivity contribution in [2.24, 2.45) is 0 Å². The van der Waals surface area contributed by atoms with Gasteiger partial charge in [-0.3, -0.25) is 4.79 Å². The molecule has 0 fully saturated rings. The van der Waals surface area contributed by atoms with Crippen molar-refractivity contribution in [3.8, 4) is 0 Å². The van der Waals surface area contributed by atoms with Gasteiger partial charge in [-0.1, -0.05) is 44.0 Å². The summed E-state index contributed by atoms with van der Waals surface area (Å²) in [4.78, 5) is 15.0. The molecule has 0 bridgehead atoms. The van der Waals surface area contributed by atoms with E-state index in [9.17, 15) is 9.18 Å². The summed E-state index contributed by atoms with van der Waals surface area (Å²) in [6, 6.07) is 18.3. The van der Waals surface area contributed by atoms with Gasteiger partial charge < -0.3 is 9.47 Å². The Morgan fingerprint density at radius 1 is 1.00 bits per heavy atom. The SMILES string of the molecule is CCCCCN(Cc1cccn1Cc1ccccc1C)C(=O)c1ccc(F)cc1. The molecule has 0 spiro atoms. The fraction of sp³-hybridized carbons (Fsp3) is 0.320. The Morgan fingerprint density at radius 3 is 2.48 bits per heavy atom. The van der Waals surface area contributed by atoms with E-state index in [1.165, 1.54) is 23.3 Å². The summed E-state index contributed by atoms with van der Waals surface area (Å²) in [6.07, 6.45) is 5.20. The van der Waals surface area contributed by atoms with Gasteiger partial charge in [0, 0.05) is 30.5 Å². The normalized spacial score (nSPS) is 10.9. The molecule has 4 heteroatoms. The summed E-state index contributed by atoms with van der Waals surface area (Å²) in [7, 11) is 0. The summed E-state index contributed by atoms with van der Waals surface area (Å²) in [6.45, 7) is 6.29. The molecule has 152 valence electrons. The number of nitrogens with zero attached hydrogens (tertiary/aromatic N) is 2. The highest BCUT2D eigenvalue weighted by Gasteiger charge is 2.17. The van der Waals surface area contributed by atoms with E-state index in [0.717, 1.165) is 31.5 Å². The van der Waals surface area contributed by atoms with E-state index in [1.54, 1.807) is 12.1 Å². The van der Waals surface area contributed by atoms with E-state index >= 15 is 0 Å². The van der Waals surface area contributed by atoms with Crippen LogP contribution in [-0.2, 0) is 13.1 Å². The van der Waals surface area contributed by atoms with Gasteiger partial charge in [-0.25, -0.2) is 4.39 Å². The molecule has 0 saturated carbocycles. The smallest absolute Gasteiger partial charge is 0.254 e. The van der Waals surface area contributed by atoms with Crippen LogP contribution in [0.3, 0.4) is 0 Å². The molecule has 2 aromatic carbocycles. The lowest BCUT2D eigenvalue weighted by Crippen LogP contribution is -2.32. The van der Waals surface area contributed by atoms with Crippen molar-refractivity contribution in [1.29, 1.82) is 0 Å². The molecule has 1 aromatic heterocycles. The molecule has 0 radical (unpaired) electrons. The highest BCUT2D eigenvalue weighted by Crippen LogP contribution is 2.16. The van der Waals surface area contributed by atoms with Gasteiger partial charge in [0.1, 0.15) is 5.82 Å². The molecule has 0 unspecified atom stereocenters. The maximum atomic E-state index is 13.3. The molecule has 0 N–H and O–H groups in total. The Morgan fingerprint density at radius 2 is 1.76 bits per heavy atom. The molecular weight excluding hydrogens is 363 g/mol. The lowest BCUT2D eigenvalue weighted by atomic mass is 10.1. The fourth-order valence-corrected chi connectivity index (χ4v) is 3.49. The fourth-order valence-electron chi connectivity index (χ4n) is 3.49. The Labute approximate surface area is 172 Å². The first kappa shape index (κ1) is 20.8. The van der Waals surface area contributed by atoms with Crippen LogP contribution in [-0.4, -0.2) is 21.9 Å². The molecule has 3 rings (SSSR count). The number of carbonyl (C=O) groups is 1. The van der Waals surface area contributed by atoms with E-state index in [0.29, 0.717) is 18.7 Å². The maximum Gasteiger partial charge on any atom is 0.254 e.